The highest BCUT2D eigenvalue weighted by Gasteiger charge is 2.15. The van der Waals surface area contributed by atoms with Gasteiger partial charge >= 0.3 is 0 Å². The van der Waals surface area contributed by atoms with Crippen LogP contribution in [0, 0.1) is 0 Å². The summed E-state index contributed by atoms with van der Waals surface area (Å²) in [5, 5.41) is 11.0. The van der Waals surface area contributed by atoms with Crippen molar-refractivity contribution in [2.75, 3.05) is 0 Å². The molecule has 0 aliphatic rings. The van der Waals surface area contributed by atoms with Crippen LogP contribution in [0.1, 0.15) is 12.5 Å². The van der Waals surface area contributed by atoms with Crippen LogP contribution >= 0.6 is 35.0 Å². The van der Waals surface area contributed by atoms with Crippen LogP contribution in [0.2, 0.25) is 10.0 Å². The number of aromatic nitrogens is 3. The maximum atomic E-state index is 6.29. The van der Waals surface area contributed by atoms with E-state index in [-0.39, 0.29) is 0 Å². The first-order chi connectivity index (χ1) is 11.2. The fourth-order valence-corrected chi connectivity index (χ4v) is 3.79. The molecular formula is C17H15Cl2N3S. The molecule has 3 rings (SSSR count). The van der Waals surface area contributed by atoms with Gasteiger partial charge in [-0.25, -0.2) is 0 Å². The van der Waals surface area contributed by atoms with Crippen LogP contribution in [-0.2, 0) is 12.3 Å². The molecule has 1 aromatic heterocycles. The van der Waals surface area contributed by atoms with E-state index in [1.807, 2.05) is 48.5 Å². The molecule has 0 radical (unpaired) electrons. The fourth-order valence-electron chi connectivity index (χ4n) is 2.28. The van der Waals surface area contributed by atoms with Crippen molar-refractivity contribution in [2.45, 2.75) is 24.4 Å². The zero-order valence-electron chi connectivity index (χ0n) is 12.5. The molecule has 0 atom stereocenters. The Bertz CT molecular complexity index is 817. The molecule has 3 nitrogen and oxygen atoms in total. The SMILES string of the molecule is CCn1c(SCc2ccccc2Cl)nnc1-c1ccccc1Cl. The standard InChI is InChI=1S/C17H15Cl2N3S/c1-2-22-16(13-8-4-6-10-15(13)19)20-21-17(22)23-11-12-7-3-5-9-14(12)18/h3-10H,2,11H2,1H3. The van der Waals surface area contributed by atoms with Gasteiger partial charge in [-0.3, -0.25) is 0 Å². The van der Waals surface area contributed by atoms with Gasteiger partial charge in [0.1, 0.15) is 0 Å². The van der Waals surface area contributed by atoms with Crippen LogP contribution in [-0.4, -0.2) is 14.8 Å². The molecule has 2 aromatic carbocycles. The smallest absolute Gasteiger partial charge is 0.191 e. The average molecular weight is 364 g/mol. The summed E-state index contributed by atoms with van der Waals surface area (Å²) in [4.78, 5) is 0. The van der Waals surface area contributed by atoms with Crippen molar-refractivity contribution in [2.24, 2.45) is 0 Å². The van der Waals surface area contributed by atoms with E-state index in [0.717, 1.165) is 39.4 Å². The van der Waals surface area contributed by atoms with Crippen molar-refractivity contribution in [3.05, 3.63) is 64.1 Å². The van der Waals surface area contributed by atoms with E-state index in [4.69, 9.17) is 23.2 Å². The van der Waals surface area contributed by atoms with E-state index in [0.29, 0.717) is 5.02 Å². The first-order valence-corrected chi connectivity index (χ1v) is 8.99. The molecule has 0 fully saturated rings. The summed E-state index contributed by atoms with van der Waals surface area (Å²) in [6, 6.07) is 15.5. The highest BCUT2D eigenvalue weighted by molar-refractivity contribution is 7.98. The van der Waals surface area contributed by atoms with E-state index in [1.165, 1.54) is 0 Å². The van der Waals surface area contributed by atoms with Gasteiger partial charge in [0.25, 0.3) is 0 Å². The zero-order chi connectivity index (χ0) is 16.2. The number of halogens is 2. The molecule has 3 aromatic rings. The maximum Gasteiger partial charge on any atom is 0.191 e. The summed E-state index contributed by atoms with van der Waals surface area (Å²) < 4.78 is 2.07. The third-order valence-corrected chi connectivity index (χ3v) is 5.18. The third kappa shape index (κ3) is 3.55. The van der Waals surface area contributed by atoms with Crippen molar-refractivity contribution < 1.29 is 0 Å². The number of hydrogen-bond donors (Lipinski definition) is 0. The Hall–Kier alpha value is -1.49. The van der Waals surface area contributed by atoms with E-state index >= 15 is 0 Å². The normalized spacial score (nSPS) is 10.9. The van der Waals surface area contributed by atoms with Gasteiger partial charge < -0.3 is 4.57 Å². The molecule has 0 unspecified atom stereocenters. The molecular weight excluding hydrogens is 349 g/mol. The van der Waals surface area contributed by atoms with E-state index in [2.05, 4.69) is 21.7 Å². The van der Waals surface area contributed by atoms with Gasteiger partial charge in [0.2, 0.25) is 0 Å². The second-order valence-electron chi connectivity index (χ2n) is 4.91. The summed E-state index contributed by atoms with van der Waals surface area (Å²) in [5.41, 5.74) is 1.98. The Morgan fingerprint density at radius 3 is 2.35 bits per heavy atom. The van der Waals surface area contributed by atoms with Gasteiger partial charge in [0, 0.05) is 22.9 Å². The lowest BCUT2D eigenvalue weighted by atomic mass is 10.2. The molecule has 0 aliphatic heterocycles. The molecule has 23 heavy (non-hydrogen) atoms. The van der Waals surface area contributed by atoms with Crippen molar-refractivity contribution in [1.29, 1.82) is 0 Å². The number of thioether (sulfide) groups is 1. The van der Waals surface area contributed by atoms with E-state index < -0.39 is 0 Å². The lowest BCUT2D eigenvalue weighted by molar-refractivity contribution is 0.687. The Morgan fingerprint density at radius 1 is 0.957 bits per heavy atom. The van der Waals surface area contributed by atoms with Crippen LogP contribution in [0.25, 0.3) is 11.4 Å². The fraction of sp³-hybridized carbons (Fsp3) is 0.176. The second-order valence-corrected chi connectivity index (χ2v) is 6.67. The van der Waals surface area contributed by atoms with Crippen LogP contribution in [0.4, 0.5) is 0 Å². The minimum atomic E-state index is 0.678. The van der Waals surface area contributed by atoms with Crippen LogP contribution in [0.5, 0.6) is 0 Å². The lowest BCUT2D eigenvalue weighted by Crippen LogP contribution is -2.00. The van der Waals surface area contributed by atoms with Gasteiger partial charge in [0.05, 0.1) is 5.02 Å². The highest BCUT2D eigenvalue weighted by atomic mass is 35.5. The topological polar surface area (TPSA) is 30.7 Å². The minimum absolute atomic E-state index is 0.678. The third-order valence-electron chi connectivity index (χ3n) is 3.46. The Balaban J connectivity index is 1.87. The first kappa shape index (κ1) is 16.4. The van der Waals surface area contributed by atoms with Gasteiger partial charge in [0.15, 0.2) is 11.0 Å². The van der Waals surface area contributed by atoms with Crippen molar-refractivity contribution in [3.8, 4) is 11.4 Å². The molecule has 0 N–H and O–H groups in total. The quantitative estimate of drug-likeness (QED) is 0.555. The summed E-state index contributed by atoms with van der Waals surface area (Å²) in [6.45, 7) is 2.85. The monoisotopic (exact) mass is 363 g/mol. The van der Waals surface area contributed by atoms with Gasteiger partial charge in [-0.15, -0.1) is 10.2 Å². The Labute approximate surface area is 149 Å². The average Bonchev–Trinajstić information content (AvgIpc) is 2.97. The van der Waals surface area contributed by atoms with Gasteiger partial charge in [-0.05, 0) is 30.7 Å². The predicted octanol–water partition coefficient (Wildman–Crippen LogP) is 5.56. The zero-order valence-corrected chi connectivity index (χ0v) is 14.9. The summed E-state index contributed by atoms with van der Waals surface area (Å²) in [7, 11) is 0. The molecule has 0 amide bonds. The van der Waals surface area contributed by atoms with Crippen molar-refractivity contribution >= 4 is 35.0 Å². The largest absolute Gasteiger partial charge is 0.302 e. The predicted molar refractivity (Wildman–Crippen MR) is 97.2 cm³/mol. The molecule has 0 saturated carbocycles. The van der Waals surface area contributed by atoms with Crippen molar-refractivity contribution in [1.82, 2.24) is 14.8 Å². The number of hydrogen-bond acceptors (Lipinski definition) is 3. The Kier molecular flexibility index (Phi) is 5.26. The summed E-state index contributed by atoms with van der Waals surface area (Å²) in [6.07, 6.45) is 0. The second kappa shape index (κ2) is 7.39. The number of rotatable bonds is 5. The molecule has 118 valence electrons. The highest BCUT2D eigenvalue weighted by Crippen LogP contribution is 2.31. The van der Waals surface area contributed by atoms with Crippen LogP contribution in [0.15, 0.2) is 53.7 Å². The van der Waals surface area contributed by atoms with E-state index in [9.17, 15) is 0 Å². The van der Waals surface area contributed by atoms with E-state index in [1.54, 1.807) is 11.8 Å². The molecule has 0 spiro atoms. The Morgan fingerprint density at radius 2 is 1.65 bits per heavy atom. The minimum Gasteiger partial charge on any atom is -0.302 e. The van der Waals surface area contributed by atoms with Crippen LogP contribution < -0.4 is 0 Å². The summed E-state index contributed by atoms with van der Waals surface area (Å²) >= 11 is 14.1. The number of benzene rings is 2. The first-order valence-electron chi connectivity index (χ1n) is 7.25. The summed E-state index contributed by atoms with van der Waals surface area (Å²) in [5.74, 6) is 1.54. The molecule has 1 heterocycles. The molecule has 0 aliphatic carbocycles. The number of nitrogens with zero attached hydrogens (tertiary/aromatic N) is 3. The van der Waals surface area contributed by atoms with Gasteiger partial charge in [-0.2, -0.15) is 0 Å². The molecule has 0 saturated heterocycles. The van der Waals surface area contributed by atoms with Gasteiger partial charge in [-0.1, -0.05) is 65.3 Å². The van der Waals surface area contributed by atoms with Crippen LogP contribution in [0.3, 0.4) is 0 Å². The molecule has 0 bridgehead atoms. The lowest BCUT2D eigenvalue weighted by Gasteiger charge is -2.09. The van der Waals surface area contributed by atoms with Crippen molar-refractivity contribution in [3.63, 3.8) is 0 Å². The maximum absolute atomic E-state index is 6.29. The molecule has 6 heteroatoms.